The van der Waals surface area contributed by atoms with E-state index in [1.165, 1.54) is 4.57 Å². The van der Waals surface area contributed by atoms with Crippen molar-refractivity contribution >= 4 is 16.9 Å². The van der Waals surface area contributed by atoms with Crippen molar-refractivity contribution in [2.45, 2.75) is 39.3 Å². The van der Waals surface area contributed by atoms with Crippen molar-refractivity contribution < 1.29 is 14.3 Å². The van der Waals surface area contributed by atoms with E-state index in [9.17, 15) is 9.59 Å². The zero-order chi connectivity index (χ0) is 21.7. The molecule has 0 fully saturated rings. The number of fused-ring (bicyclic) bond motifs is 1. The van der Waals surface area contributed by atoms with Crippen LogP contribution in [-0.4, -0.2) is 22.1 Å². The van der Waals surface area contributed by atoms with Gasteiger partial charge in [0.25, 0.3) is 5.56 Å². The minimum Gasteiger partial charge on any atom is -0.482 e. The first-order valence-corrected chi connectivity index (χ1v) is 9.54. The summed E-state index contributed by atoms with van der Waals surface area (Å²) < 4.78 is 12.2. The second-order valence-electron chi connectivity index (χ2n) is 7.79. The number of rotatable bonds is 6. The minimum absolute atomic E-state index is 0.136. The van der Waals surface area contributed by atoms with E-state index in [1.807, 2.05) is 30.3 Å². The summed E-state index contributed by atoms with van der Waals surface area (Å²) in [5.41, 5.74) is 0.988. The third kappa shape index (κ3) is 4.66. The molecule has 2 aromatic carbocycles. The molecule has 0 N–H and O–H groups in total. The van der Waals surface area contributed by atoms with E-state index in [0.29, 0.717) is 16.7 Å². The quantitative estimate of drug-likeness (QED) is 0.584. The standard InChI is InChI=1S/C23H23N3O4/c1-23(2,3)17-9-5-7-11-19(17)29-15-21(27)30-14-20-25-18-10-6-4-8-16(18)22(28)26(20)13-12-24/h4-11H,13-15H2,1-3H3. The first kappa shape index (κ1) is 21.1. The summed E-state index contributed by atoms with van der Waals surface area (Å²) in [7, 11) is 0. The number of hydrogen-bond acceptors (Lipinski definition) is 6. The van der Waals surface area contributed by atoms with Crippen LogP contribution in [0.15, 0.2) is 53.3 Å². The lowest BCUT2D eigenvalue weighted by atomic mass is 9.86. The molecule has 1 aromatic heterocycles. The Morgan fingerprint density at radius 2 is 1.83 bits per heavy atom. The van der Waals surface area contributed by atoms with Gasteiger partial charge in [-0.05, 0) is 29.2 Å². The van der Waals surface area contributed by atoms with Gasteiger partial charge in [-0.25, -0.2) is 9.78 Å². The third-order valence-electron chi connectivity index (χ3n) is 4.57. The van der Waals surface area contributed by atoms with E-state index in [1.54, 1.807) is 24.3 Å². The van der Waals surface area contributed by atoms with E-state index in [2.05, 4.69) is 25.8 Å². The molecule has 0 spiro atoms. The molecule has 7 nitrogen and oxygen atoms in total. The monoisotopic (exact) mass is 405 g/mol. The predicted octanol–water partition coefficient (Wildman–Crippen LogP) is 3.34. The summed E-state index contributed by atoms with van der Waals surface area (Å²) in [4.78, 5) is 29.3. The summed E-state index contributed by atoms with van der Waals surface area (Å²) in [5.74, 6) is 0.237. The fourth-order valence-electron chi connectivity index (χ4n) is 3.09. The maximum absolute atomic E-state index is 12.6. The summed E-state index contributed by atoms with van der Waals surface area (Å²) in [5, 5.41) is 9.46. The molecule has 0 atom stereocenters. The molecular formula is C23H23N3O4. The van der Waals surface area contributed by atoms with Crippen LogP contribution in [0.5, 0.6) is 5.75 Å². The van der Waals surface area contributed by atoms with E-state index < -0.39 is 5.97 Å². The van der Waals surface area contributed by atoms with Crippen molar-refractivity contribution in [1.82, 2.24) is 9.55 Å². The van der Waals surface area contributed by atoms with Gasteiger partial charge in [0.1, 0.15) is 18.9 Å². The SMILES string of the molecule is CC(C)(C)c1ccccc1OCC(=O)OCc1nc2ccccc2c(=O)n1CC#N. The maximum Gasteiger partial charge on any atom is 0.344 e. The molecule has 0 aliphatic heterocycles. The van der Waals surface area contributed by atoms with Crippen molar-refractivity contribution in [3.8, 4) is 11.8 Å². The van der Waals surface area contributed by atoms with Crippen LogP contribution in [0, 0.1) is 11.3 Å². The van der Waals surface area contributed by atoms with Crippen molar-refractivity contribution in [3.05, 3.63) is 70.3 Å². The minimum atomic E-state index is -0.593. The number of ether oxygens (including phenoxy) is 2. The molecule has 7 heteroatoms. The average molecular weight is 405 g/mol. The van der Waals surface area contributed by atoms with Gasteiger partial charge in [0.05, 0.1) is 17.0 Å². The van der Waals surface area contributed by atoms with Crippen LogP contribution < -0.4 is 10.3 Å². The fraction of sp³-hybridized carbons (Fsp3) is 0.304. The van der Waals surface area contributed by atoms with E-state index >= 15 is 0 Å². The Balaban J connectivity index is 1.73. The van der Waals surface area contributed by atoms with Gasteiger partial charge < -0.3 is 9.47 Å². The molecule has 1 heterocycles. The summed E-state index contributed by atoms with van der Waals surface area (Å²) in [6.45, 7) is 5.50. The van der Waals surface area contributed by atoms with Gasteiger partial charge in [-0.15, -0.1) is 0 Å². The second kappa shape index (κ2) is 8.78. The Morgan fingerprint density at radius 3 is 2.57 bits per heavy atom. The first-order valence-electron chi connectivity index (χ1n) is 9.54. The van der Waals surface area contributed by atoms with Gasteiger partial charge >= 0.3 is 5.97 Å². The number of hydrogen-bond donors (Lipinski definition) is 0. The number of para-hydroxylation sites is 2. The van der Waals surface area contributed by atoms with Crippen LogP contribution in [0.1, 0.15) is 32.2 Å². The average Bonchev–Trinajstić information content (AvgIpc) is 2.72. The molecule has 0 bridgehead atoms. The van der Waals surface area contributed by atoms with Crippen LogP contribution >= 0.6 is 0 Å². The number of benzene rings is 2. The molecular weight excluding hydrogens is 382 g/mol. The fourth-order valence-corrected chi connectivity index (χ4v) is 3.09. The highest BCUT2D eigenvalue weighted by Crippen LogP contribution is 2.30. The lowest BCUT2D eigenvalue weighted by molar-refractivity contribution is -0.147. The third-order valence-corrected chi connectivity index (χ3v) is 4.57. The first-order chi connectivity index (χ1) is 14.3. The molecule has 0 aliphatic carbocycles. The molecule has 3 rings (SSSR count). The molecule has 0 saturated heterocycles. The Morgan fingerprint density at radius 1 is 1.13 bits per heavy atom. The van der Waals surface area contributed by atoms with Crippen molar-refractivity contribution in [2.75, 3.05) is 6.61 Å². The highest BCUT2D eigenvalue weighted by Gasteiger charge is 2.19. The van der Waals surface area contributed by atoms with Gasteiger partial charge in [-0.2, -0.15) is 5.26 Å². The molecule has 3 aromatic rings. The Bertz CT molecular complexity index is 1170. The van der Waals surface area contributed by atoms with Crippen LogP contribution in [-0.2, 0) is 28.1 Å². The van der Waals surface area contributed by atoms with Crippen molar-refractivity contribution in [1.29, 1.82) is 5.26 Å². The van der Waals surface area contributed by atoms with Crippen LogP contribution in [0.3, 0.4) is 0 Å². The molecule has 0 saturated carbocycles. The normalized spacial score (nSPS) is 11.1. The summed E-state index contributed by atoms with van der Waals surface area (Å²) in [6.07, 6.45) is 0. The van der Waals surface area contributed by atoms with E-state index in [4.69, 9.17) is 14.7 Å². The molecule has 0 amide bonds. The zero-order valence-corrected chi connectivity index (χ0v) is 17.2. The second-order valence-corrected chi connectivity index (χ2v) is 7.79. The number of esters is 1. The van der Waals surface area contributed by atoms with Gasteiger partial charge in [0.15, 0.2) is 12.4 Å². The van der Waals surface area contributed by atoms with Crippen LogP contribution in [0.2, 0.25) is 0 Å². The summed E-state index contributed by atoms with van der Waals surface area (Å²) in [6, 6.07) is 16.3. The zero-order valence-electron chi connectivity index (χ0n) is 17.2. The predicted molar refractivity (Wildman–Crippen MR) is 112 cm³/mol. The highest BCUT2D eigenvalue weighted by molar-refractivity contribution is 5.77. The van der Waals surface area contributed by atoms with E-state index in [-0.39, 0.29) is 36.6 Å². The Hall–Kier alpha value is -3.66. The van der Waals surface area contributed by atoms with Gasteiger partial charge in [-0.3, -0.25) is 9.36 Å². The van der Waals surface area contributed by atoms with Gasteiger partial charge in [-0.1, -0.05) is 51.1 Å². The molecule has 0 unspecified atom stereocenters. The topological polar surface area (TPSA) is 94.2 Å². The number of nitrogens with zero attached hydrogens (tertiary/aromatic N) is 3. The summed E-state index contributed by atoms with van der Waals surface area (Å²) >= 11 is 0. The van der Waals surface area contributed by atoms with E-state index in [0.717, 1.165) is 5.56 Å². The Kier molecular flexibility index (Phi) is 6.17. The van der Waals surface area contributed by atoms with Crippen LogP contribution in [0.4, 0.5) is 0 Å². The number of carbonyl (C=O) groups is 1. The Labute approximate surface area is 174 Å². The number of aromatic nitrogens is 2. The smallest absolute Gasteiger partial charge is 0.344 e. The molecule has 30 heavy (non-hydrogen) atoms. The molecule has 0 aliphatic rings. The van der Waals surface area contributed by atoms with Gasteiger partial charge in [0, 0.05) is 0 Å². The number of nitriles is 1. The highest BCUT2D eigenvalue weighted by atomic mass is 16.6. The largest absolute Gasteiger partial charge is 0.482 e. The molecule has 154 valence electrons. The lowest BCUT2D eigenvalue weighted by Gasteiger charge is -2.22. The maximum atomic E-state index is 12.6. The van der Waals surface area contributed by atoms with Crippen molar-refractivity contribution in [2.24, 2.45) is 0 Å². The van der Waals surface area contributed by atoms with Crippen LogP contribution in [0.25, 0.3) is 10.9 Å². The number of carbonyl (C=O) groups excluding carboxylic acids is 1. The lowest BCUT2D eigenvalue weighted by Crippen LogP contribution is -2.26. The van der Waals surface area contributed by atoms with Crippen molar-refractivity contribution in [3.63, 3.8) is 0 Å². The van der Waals surface area contributed by atoms with Gasteiger partial charge in [0.2, 0.25) is 0 Å². The molecule has 0 radical (unpaired) electrons.